The van der Waals surface area contributed by atoms with Crippen LogP contribution < -0.4 is 0 Å². The van der Waals surface area contributed by atoms with Crippen molar-refractivity contribution in [2.24, 2.45) is 17.3 Å². The Morgan fingerprint density at radius 1 is 1.38 bits per heavy atom. The first kappa shape index (κ1) is 11.9. The van der Waals surface area contributed by atoms with E-state index < -0.39 is 3.79 Å². The molecule has 0 aromatic carbocycles. The predicted molar refractivity (Wildman–Crippen MR) is 56.5 cm³/mol. The lowest BCUT2D eigenvalue weighted by molar-refractivity contribution is -0.113. The zero-order valence-electron chi connectivity index (χ0n) is 7.28. The van der Waals surface area contributed by atoms with Gasteiger partial charge in [-0.15, -0.1) is 0 Å². The second kappa shape index (κ2) is 3.44. The molecule has 76 valence electrons. The van der Waals surface area contributed by atoms with Crippen LogP contribution in [0.4, 0.5) is 0 Å². The highest BCUT2D eigenvalue weighted by atomic mass is 35.6. The molecule has 0 N–H and O–H groups in total. The molecule has 0 heterocycles. The van der Waals surface area contributed by atoms with Crippen LogP contribution in [0.25, 0.3) is 0 Å². The third-order valence-electron chi connectivity index (χ3n) is 2.75. The molecule has 2 unspecified atom stereocenters. The Balaban J connectivity index is 2.61. The van der Waals surface area contributed by atoms with Gasteiger partial charge in [0.1, 0.15) is 0 Å². The van der Waals surface area contributed by atoms with Crippen LogP contribution in [0.2, 0.25) is 0 Å². The van der Waals surface area contributed by atoms with Gasteiger partial charge in [0, 0.05) is 5.92 Å². The first-order chi connectivity index (χ1) is 5.66. The Kier molecular flexibility index (Phi) is 3.15. The molecule has 0 radical (unpaired) electrons. The Morgan fingerprint density at radius 2 is 1.85 bits per heavy atom. The maximum Gasteiger partial charge on any atom is 0.225 e. The molecule has 1 aliphatic carbocycles. The summed E-state index contributed by atoms with van der Waals surface area (Å²) in [6.45, 7) is 3.91. The molecule has 1 nitrogen and oxygen atoms in total. The molecular weight excluding hydrogens is 254 g/mol. The standard InChI is InChI=1S/C8H10Cl4O/c1-7(2)4(3-8(10,11)12)5(7)6(9)13/h4-5H,3H2,1-2H3. The third kappa shape index (κ3) is 2.65. The van der Waals surface area contributed by atoms with Gasteiger partial charge in [0.15, 0.2) is 3.79 Å². The molecule has 1 aliphatic rings. The molecule has 0 spiro atoms. The average molecular weight is 264 g/mol. The fraction of sp³-hybridized carbons (Fsp3) is 0.875. The maximum atomic E-state index is 11.0. The van der Waals surface area contributed by atoms with Crippen molar-refractivity contribution in [3.8, 4) is 0 Å². The van der Waals surface area contributed by atoms with Crippen LogP contribution in [0.5, 0.6) is 0 Å². The Morgan fingerprint density at radius 3 is 2.08 bits per heavy atom. The van der Waals surface area contributed by atoms with Crippen molar-refractivity contribution in [3.63, 3.8) is 0 Å². The minimum Gasteiger partial charge on any atom is -0.281 e. The number of carbonyl (C=O) groups is 1. The van der Waals surface area contributed by atoms with E-state index in [4.69, 9.17) is 46.4 Å². The minimum atomic E-state index is -1.29. The van der Waals surface area contributed by atoms with Crippen molar-refractivity contribution in [1.29, 1.82) is 0 Å². The normalized spacial score (nSPS) is 31.5. The molecule has 0 aromatic rings. The van der Waals surface area contributed by atoms with Gasteiger partial charge in [-0.2, -0.15) is 0 Å². The van der Waals surface area contributed by atoms with Gasteiger partial charge in [-0.25, -0.2) is 0 Å². The molecule has 1 rings (SSSR count). The summed E-state index contributed by atoms with van der Waals surface area (Å²) in [5, 5.41) is -0.329. The van der Waals surface area contributed by atoms with Crippen LogP contribution in [-0.2, 0) is 4.79 Å². The second-order valence-corrected chi connectivity index (χ2v) is 6.92. The van der Waals surface area contributed by atoms with Crippen LogP contribution in [0.15, 0.2) is 0 Å². The number of halogens is 4. The molecule has 2 atom stereocenters. The zero-order valence-corrected chi connectivity index (χ0v) is 10.3. The van der Waals surface area contributed by atoms with E-state index in [0.29, 0.717) is 6.42 Å². The Labute approximate surface area is 97.7 Å². The summed E-state index contributed by atoms with van der Waals surface area (Å²) >= 11 is 22.3. The molecule has 5 heteroatoms. The lowest BCUT2D eigenvalue weighted by Gasteiger charge is -2.10. The lowest BCUT2D eigenvalue weighted by Crippen LogP contribution is -2.06. The summed E-state index contributed by atoms with van der Waals surface area (Å²) in [6.07, 6.45) is 0.383. The monoisotopic (exact) mass is 262 g/mol. The SMILES string of the molecule is CC1(C)C(CC(Cl)(Cl)Cl)C1C(=O)Cl. The van der Waals surface area contributed by atoms with E-state index in [1.54, 1.807) is 0 Å². The molecule has 1 saturated carbocycles. The smallest absolute Gasteiger partial charge is 0.225 e. The van der Waals surface area contributed by atoms with Gasteiger partial charge in [0.2, 0.25) is 5.24 Å². The highest BCUT2D eigenvalue weighted by Crippen LogP contribution is 2.63. The molecule has 1 fully saturated rings. The van der Waals surface area contributed by atoms with Gasteiger partial charge in [-0.05, 0) is 29.4 Å². The summed E-state index contributed by atoms with van der Waals surface area (Å²) in [5.41, 5.74) is -0.122. The first-order valence-corrected chi connectivity index (χ1v) is 5.43. The van der Waals surface area contributed by atoms with E-state index >= 15 is 0 Å². The number of hydrogen-bond donors (Lipinski definition) is 0. The van der Waals surface area contributed by atoms with E-state index in [1.165, 1.54) is 0 Å². The van der Waals surface area contributed by atoms with Crippen molar-refractivity contribution in [2.75, 3.05) is 0 Å². The first-order valence-electron chi connectivity index (χ1n) is 3.92. The topological polar surface area (TPSA) is 17.1 Å². The van der Waals surface area contributed by atoms with Gasteiger partial charge in [-0.3, -0.25) is 4.79 Å². The van der Waals surface area contributed by atoms with Gasteiger partial charge in [0.25, 0.3) is 0 Å². The largest absolute Gasteiger partial charge is 0.281 e. The third-order valence-corrected chi connectivity index (χ3v) is 3.44. The summed E-state index contributed by atoms with van der Waals surface area (Å²) in [6, 6.07) is 0. The van der Waals surface area contributed by atoms with E-state index in [-0.39, 0.29) is 22.5 Å². The second-order valence-electron chi connectivity index (χ2n) is 4.03. The van der Waals surface area contributed by atoms with Crippen LogP contribution in [0.3, 0.4) is 0 Å². The van der Waals surface area contributed by atoms with E-state index in [9.17, 15) is 4.79 Å². The summed E-state index contributed by atoms with van der Waals surface area (Å²) in [5.74, 6) is -0.0743. The van der Waals surface area contributed by atoms with Gasteiger partial charge >= 0.3 is 0 Å². The van der Waals surface area contributed by atoms with Crippen LogP contribution >= 0.6 is 46.4 Å². The quantitative estimate of drug-likeness (QED) is 0.547. The maximum absolute atomic E-state index is 11.0. The molecule has 0 amide bonds. The van der Waals surface area contributed by atoms with E-state index in [2.05, 4.69) is 0 Å². The fourth-order valence-corrected chi connectivity index (χ4v) is 2.76. The molecule has 0 aromatic heterocycles. The van der Waals surface area contributed by atoms with Crippen molar-refractivity contribution < 1.29 is 4.79 Å². The Hall–Kier alpha value is 0.830. The van der Waals surface area contributed by atoms with E-state index in [1.807, 2.05) is 13.8 Å². The van der Waals surface area contributed by atoms with Gasteiger partial charge < -0.3 is 0 Å². The molecular formula is C8H10Cl4O. The van der Waals surface area contributed by atoms with Gasteiger partial charge in [-0.1, -0.05) is 48.7 Å². The minimum absolute atomic E-state index is 0.0880. The van der Waals surface area contributed by atoms with Crippen LogP contribution in [-0.4, -0.2) is 9.03 Å². The summed E-state index contributed by atoms with van der Waals surface area (Å²) < 4.78 is -1.29. The summed E-state index contributed by atoms with van der Waals surface area (Å²) in [4.78, 5) is 11.0. The highest BCUT2D eigenvalue weighted by molar-refractivity contribution is 6.67. The van der Waals surface area contributed by atoms with Crippen molar-refractivity contribution in [1.82, 2.24) is 0 Å². The number of alkyl halides is 3. The Bertz CT molecular complexity index is 231. The molecule has 0 aliphatic heterocycles. The van der Waals surface area contributed by atoms with Gasteiger partial charge in [0.05, 0.1) is 0 Å². The van der Waals surface area contributed by atoms with Crippen LogP contribution in [0.1, 0.15) is 20.3 Å². The lowest BCUT2D eigenvalue weighted by atomic mass is 10.1. The van der Waals surface area contributed by atoms with Crippen molar-refractivity contribution >= 4 is 51.6 Å². The molecule has 0 saturated heterocycles. The van der Waals surface area contributed by atoms with E-state index in [0.717, 1.165) is 0 Å². The van der Waals surface area contributed by atoms with Crippen molar-refractivity contribution in [2.45, 2.75) is 24.1 Å². The zero-order chi connectivity index (χ0) is 10.4. The average Bonchev–Trinajstić information content (AvgIpc) is 2.28. The number of rotatable bonds is 2. The van der Waals surface area contributed by atoms with Crippen LogP contribution in [0, 0.1) is 17.3 Å². The highest BCUT2D eigenvalue weighted by Gasteiger charge is 2.62. The molecule has 13 heavy (non-hydrogen) atoms. The fourth-order valence-electron chi connectivity index (χ4n) is 1.83. The summed E-state index contributed by atoms with van der Waals surface area (Å²) in [7, 11) is 0. The number of carbonyl (C=O) groups excluding carboxylic acids is 1. The van der Waals surface area contributed by atoms with Crippen molar-refractivity contribution in [3.05, 3.63) is 0 Å². The molecule has 0 bridgehead atoms. The number of hydrogen-bond acceptors (Lipinski definition) is 1. The predicted octanol–water partition coefficient (Wildman–Crippen LogP) is 3.78.